The third-order valence-corrected chi connectivity index (χ3v) is 4.30. The first-order chi connectivity index (χ1) is 8.42. The van der Waals surface area contributed by atoms with Crippen LogP contribution in [0.1, 0.15) is 26.2 Å². The highest BCUT2D eigenvalue weighted by molar-refractivity contribution is 7.18. The Morgan fingerprint density at radius 2 is 1.94 bits per heavy atom. The first kappa shape index (κ1) is 10.8. The monoisotopic (exact) mass is 243 g/mol. The lowest BCUT2D eigenvalue weighted by Crippen LogP contribution is -1.96. The molecule has 0 bridgehead atoms. The quantitative estimate of drug-likeness (QED) is 0.565. The average molecular weight is 243 g/mol. The fraction of sp³-hybridized carbons (Fsp3) is 0.333. The van der Waals surface area contributed by atoms with Gasteiger partial charge in [-0.2, -0.15) is 0 Å². The number of aryl methyl sites for hydroxylation is 1. The van der Waals surface area contributed by atoms with E-state index in [9.17, 15) is 0 Å². The second kappa shape index (κ2) is 4.53. The van der Waals surface area contributed by atoms with Gasteiger partial charge in [-0.3, -0.25) is 0 Å². The molecule has 3 aromatic rings. The van der Waals surface area contributed by atoms with Gasteiger partial charge in [-0.25, -0.2) is 0 Å². The number of aromatic nitrogens is 1. The van der Waals surface area contributed by atoms with Crippen LogP contribution in [0.15, 0.2) is 35.7 Å². The van der Waals surface area contributed by atoms with Crippen LogP contribution < -0.4 is 0 Å². The summed E-state index contributed by atoms with van der Waals surface area (Å²) in [6, 6.07) is 11.0. The highest BCUT2D eigenvalue weighted by Crippen LogP contribution is 2.33. The van der Waals surface area contributed by atoms with E-state index in [1.165, 1.54) is 40.4 Å². The van der Waals surface area contributed by atoms with Crippen molar-refractivity contribution in [2.24, 2.45) is 0 Å². The number of thiophene rings is 1. The zero-order valence-electron chi connectivity index (χ0n) is 10.1. The number of rotatable bonds is 4. The molecular weight excluding hydrogens is 226 g/mol. The third kappa shape index (κ3) is 1.77. The van der Waals surface area contributed by atoms with E-state index in [4.69, 9.17) is 0 Å². The Hall–Kier alpha value is -1.28. The molecule has 1 nitrogen and oxygen atoms in total. The van der Waals surface area contributed by atoms with Crippen molar-refractivity contribution in [3.8, 4) is 0 Å². The third-order valence-electron chi connectivity index (χ3n) is 3.36. The van der Waals surface area contributed by atoms with Gasteiger partial charge in [0.25, 0.3) is 0 Å². The molecule has 0 radical (unpaired) electrons. The van der Waals surface area contributed by atoms with E-state index in [-0.39, 0.29) is 0 Å². The van der Waals surface area contributed by atoms with E-state index in [0.717, 1.165) is 6.54 Å². The predicted octanol–water partition coefficient (Wildman–Crippen LogP) is 5.05. The second-order valence-corrected chi connectivity index (χ2v) is 5.43. The van der Waals surface area contributed by atoms with Crippen LogP contribution in [0, 0.1) is 0 Å². The van der Waals surface area contributed by atoms with Gasteiger partial charge in [-0.05, 0) is 23.9 Å². The highest BCUT2D eigenvalue weighted by Gasteiger charge is 2.10. The Morgan fingerprint density at radius 3 is 2.82 bits per heavy atom. The number of benzene rings is 1. The molecule has 0 saturated carbocycles. The fourth-order valence-corrected chi connectivity index (χ4v) is 3.44. The van der Waals surface area contributed by atoms with Gasteiger partial charge in [0.2, 0.25) is 0 Å². The molecule has 17 heavy (non-hydrogen) atoms. The zero-order valence-corrected chi connectivity index (χ0v) is 11.0. The molecule has 2 heteroatoms. The standard InChI is InChI=1S/C15H17NS/c1-2-3-6-10-16-13-8-5-4-7-12(13)15-14(16)9-11-17-15/h4-5,7-9,11H,2-3,6,10H2,1H3. The molecular formula is C15H17NS. The Balaban J connectivity index is 2.13. The molecule has 0 amide bonds. The number of para-hydroxylation sites is 1. The molecule has 0 spiro atoms. The van der Waals surface area contributed by atoms with Crippen molar-refractivity contribution in [1.82, 2.24) is 4.57 Å². The summed E-state index contributed by atoms with van der Waals surface area (Å²) in [6.45, 7) is 3.41. The minimum absolute atomic E-state index is 1.15. The maximum atomic E-state index is 2.48. The summed E-state index contributed by atoms with van der Waals surface area (Å²) >= 11 is 1.86. The van der Waals surface area contributed by atoms with Crippen LogP contribution in [0.2, 0.25) is 0 Å². The molecule has 0 N–H and O–H groups in total. The molecule has 1 aromatic carbocycles. The lowest BCUT2D eigenvalue weighted by molar-refractivity contribution is 0.628. The van der Waals surface area contributed by atoms with Crippen LogP contribution >= 0.6 is 11.3 Å². The predicted molar refractivity (Wildman–Crippen MR) is 76.8 cm³/mol. The summed E-state index contributed by atoms with van der Waals surface area (Å²) in [5.41, 5.74) is 2.80. The Bertz CT molecular complexity index is 632. The molecule has 2 heterocycles. The topological polar surface area (TPSA) is 4.93 Å². The molecule has 0 unspecified atom stereocenters. The van der Waals surface area contributed by atoms with Crippen molar-refractivity contribution in [2.45, 2.75) is 32.7 Å². The highest BCUT2D eigenvalue weighted by atomic mass is 32.1. The molecule has 0 saturated heterocycles. The van der Waals surface area contributed by atoms with E-state index in [2.05, 4.69) is 47.2 Å². The Kier molecular flexibility index (Phi) is 2.89. The van der Waals surface area contributed by atoms with Gasteiger partial charge in [0.05, 0.1) is 10.2 Å². The average Bonchev–Trinajstić information content (AvgIpc) is 2.92. The summed E-state index contributed by atoms with van der Waals surface area (Å²) in [5, 5.41) is 3.61. The summed E-state index contributed by atoms with van der Waals surface area (Å²) in [7, 11) is 0. The lowest BCUT2D eigenvalue weighted by atomic mass is 10.2. The van der Waals surface area contributed by atoms with Gasteiger partial charge in [-0.15, -0.1) is 11.3 Å². The van der Waals surface area contributed by atoms with Gasteiger partial charge >= 0.3 is 0 Å². The van der Waals surface area contributed by atoms with E-state index in [1.807, 2.05) is 11.3 Å². The van der Waals surface area contributed by atoms with Crippen LogP contribution in [-0.4, -0.2) is 4.57 Å². The summed E-state index contributed by atoms with van der Waals surface area (Å²) in [6.07, 6.45) is 3.88. The molecule has 0 fully saturated rings. The number of unbranched alkanes of at least 4 members (excludes halogenated alkanes) is 2. The van der Waals surface area contributed by atoms with Crippen molar-refractivity contribution in [3.05, 3.63) is 35.7 Å². The van der Waals surface area contributed by atoms with Crippen molar-refractivity contribution in [1.29, 1.82) is 0 Å². The first-order valence-corrected chi connectivity index (χ1v) is 7.24. The molecule has 2 aromatic heterocycles. The Morgan fingerprint density at radius 1 is 1.06 bits per heavy atom. The van der Waals surface area contributed by atoms with Crippen molar-refractivity contribution < 1.29 is 0 Å². The van der Waals surface area contributed by atoms with Gasteiger partial charge in [-0.1, -0.05) is 38.0 Å². The maximum absolute atomic E-state index is 2.48. The van der Waals surface area contributed by atoms with Gasteiger partial charge < -0.3 is 4.57 Å². The molecule has 0 atom stereocenters. The largest absolute Gasteiger partial charge is 0.340 e. The normalized spacial score (nSPS) is 11.6. The second-order valence-electron chi connectivity index (χ2n) is 4.51. The van der Waals surface area contributed by atoms with Gasteiger partial charge in [0, 0.05) is 17.4 Å². The van der Waals surface area contributed by atoms with Crippen LogP contribution in [0.25, 0.3) is 21.1 Å². The van der Waals surface area contributed by atoms with E-state index >= 15 is 0 Å². The zero-order chi connectivity index (χ0) is 11.7. The smallest absolute Gasteiger partial charge is 0.0600 e. The molecule has 0 aliphatic carbocycles. The number of nitrogens with zero attached hydrogens (tertiary/aromatic N) is 1. The minimum atomic E-state index is 1.15. The van der Waals surface area contributed by atoms with Crippen molar-refractivity contribution in [2.75, 3.05) is 0 Å². The van der Waals surface area contributed by atoms with Crippen LogP contribution in [0.4, 0.5) is 0 Å². The van der Waals surface area contributed by atoms with Crippen molar-refractivity contribution in [3.63, 3.8) is 0 Å². The summed E-state index contributed by atoms with van der Waals surface area (Å²) < 4.78 is 3.92. The fourth-order valence-electron chi connectivity index (χ4n) is 2.51. The first-order valence-electron chi connectivity index (χ1n) is 6.36. The van der Waals surface area contributed by atoms with Gasteiger partial charge in [0.15, 0.2) is 0 Å². The van der Waals surface area contributed by atoms with E-state index < -0.39 is 0 Å². The number of hydrogen-bond donors (Lipinski definition) is 0. The lowest BCUT2D eigenvalue weighted by Gasteiger charge is -2.05. The maximum Gasteiger partial charge on any atom is 0.0600 e. The molecule has 88 valence electrons. The molecule has 3 rings (SSSR count). The SMILES string of the molecule is CCCCCn1c2ccccc2c2sccc21. The van der Waals surface area contributed by atoms with Crippen LogP contribution in [0.5, 0.6) is 0 Å². The van der Waals surface area contributed by atoms with Crippen molar-refractivity contribution >= 4 is 32.5 Å². The van der Waals surface area contributed by atoms with Crippen LogP contribution in [-0.2, 0) is 6.54 Å². The minimum Gasteiger partial charge on any atom is -0.340 e. The number of hydrogen-bond acceptors (Lipinski definition) is 1. The summed E-state index contributed by atoms with van der Waals surface area (Å²) in [5.74, 6) is 0. The van der Waals surface area contributed by atoms with E-state index in [0.29, 0.717) is 0 Å². The molecule has 0 aliphatic heterocycles. The van der Waals surface area contributed by atoms with Crippen LogP contribution in [0.3, 0.4) is 0 Å². The number of fused-ring (bicyclic) bond motifs is 3. The van der Waals surface area contributed by atoms with E-state index in [1.54, 1.807) is 0 Å². The summed E-state index contributed by atoms with van der Waals surface area (Å²) in [4.78, 5) is 0. The Labute approximate surface area is 106 Å². The van der Waals surface area contributed by atoms with Gasteiger partial charge in [0.1, 0.15) is 0 Å². The molecule has 0 aliphatic rings.